The first-order valence-electron chi connectivity index (χ1n) is 7.60. The molecule has 2 aromatic carbocycles. The Morgan fingerprint density at radius 2 is 1.83 bits per heavy atom. The van der Waals surface area contributed by atoms with E-state index >= 15 is 0 Å². The molecule has 1 aliphatic heterocycles. The van der Waals surface area contributed by atoms with Gasteiger partial charge < -0.3 is 4.90 Å². The Labute approximate surface area is 146 Å². The Bertz CT molecular complexity index is 705. The zero-order valence-corrected chi connectivity index (χ0v) is 14.4. The highest BCUT2D eigenvalue weighted by atomic mass is 35.5. The number of hydrogen-bond acceptors (Lipinski definition) is 2. The van der Waals surface area contributed by atoms with Gasteiger partial charge in [0, 0.05) is 24.7 Å². The monoisotopic (exact) mass is 348 g/mol. The molecule has 0 bridgehead atoms. The molecule has 0 unspecified atom stereocenters. The second-order valence-electron chi connectivity index (χ2n) is 5.72. The van der Waals surface area contributed by atoms with Gasteiger partial charge >= 0.3 is 0 Å². The van der Waals surface area contributed by atoms with Crippen LogP contribution in [0.4, 0.5) is 5.69 Å². The third-order valence-corrected chi connectivity index (χ3v) is 4.75. The molecule has 1 heterocycles. The highest BCUT2D eigenvalue weighted by molar-refractivity contribution is 6.36. The number of hydrogen-bond donors (Lipinski definition) is 0. The molecule has 0 aromatic heterocycles. The average Bonchev–Trinajstić information content (AvgIpc) is 2.54. The molecule has 3 rings (SSSR count). The number of piperazine rings is 1. The molecule has 0 saturated carbocycles. The van der Waals surface area contributed by atoms with Crippen LogP contribution in [-0.4, -0.2) is 29.9 Å². The maximum absolute atomic E-state index is 12.8. The van der Waals surface area contributed by atoms with E-state index in [4.69, 9.17) is 23.2 Å². The van der Waals surface area contributed by atoms with Gasteiger partial charge in [-0.05, 0) is 30.7 Å². The summed E-state index contributed by atoms with van der Waals surface area (Å²) in [7, 11) is 0. The van der Waals surface area contributed by atoms with Crippen LogP contribution < -0.4 is 4.90 Å². The number of amides is 1. The standard InChI is InChI=1S/C18H18Cl2N2O/c1-13-18(23)22(17-8-7-15(19)11-16(17)20)10-9-21(13)12-14-5-3-2-4-6-14/h2-8,11,13H,9-10,12H2,1H3/t13-/m0/s1. The fourth-order valence-electron chi connectivity index (χ4n) is 2.89. The highest BCUT2D eigenvalue weighted by Crippen LogP contribution is 2.31. The fourth-order valence-corrected chi connectivity index (χ4v) is 3.40. The first-order chi connectivity index (χ1) is 11.1. The quantitative estimate of drug-likeness (QED) is 0.828. The molecule has 120 valence electrons. The van der Waals surface area contributed by atoms with E-state index in [0.29, 0.717) is 16.6 Å². The number of nitrogens with zero attached hydrogens (tertiary/aromatic N) is 2. The predicted octanol–water partition coefficient (Wildman–Crippen LogP) is 4.23. The van der Waals surface area contributed by atoms with Gasteiger partial charge in [0.15, 0.2) is 0 Å². The Hall–Kier alpha value is -1.55. The third kappa shape index (κ3) is 3.52. The lowest BCUT2D eigenvalue weighted by Crippen LogP contribution is -2.55. The summed E-state index contributed by atoms with van der Waals surface area (Å²) >= 11 is 12.2. The van der Waals surface area contributed by atoms with Gasteiger partial charge in [0.05, 0.1) is 16.8 Å². The Kier molecular flexibility index (Phi) is 4.90. The number of anilines is 1. The molecule has 1 atom stereocenters. The zero-order chi connectivity index (χ0) is 16.4. The molecular formula is C18H18Cl2N2O. The van der Waals surface area contributed by atoms with Crippen LogP contribution in [0.25, 0.3) is 0 Å². The Morgan fingerprint density at radius 1 is 1.09 bits per heavy atom. The molecule has 0 N–H and O–H groups in total. The summed E-state index contributed by atoms with van der Waals surface area (Å²) in [5, 5.41) is 1.08. The first kappa shape index (κ1) is 16.3. The van der Waals surface area contributed by atoms with Crippen molar-refractivity contribution >= 4 is 34.8 Å². The van der Waals surface area contributed by atoms with E-state index in [1.807, 2.05) is 31.2 Å². The number of halogens is 2. The summed E-state index contributed by atoms with van der Waals surface area (Å²) in [6.45, 7) is 4.15. The number of carbonyl (C=O) groups is 1. The predicted molar refractivity (Wildman–Crippen MR) is 95.1 cm³/mol. The summed E-state index contributed by atoms with van der Waals surface area (Å²) in [5.74, 6) is 0.0661. The molecule has 1 amide bonds. The largest absolute Gasteiger partial charge is 0.308 e. The zero-order valence-electron chi connectivity index (χ0n) is 12.9. The van der Waals surface area contributed by atoms with Crippen LogP contribution in [0, 0.1) is 0 Å². The van der Waals surface area contributed by atoms with Crippen molar-refractivity contribution in [1.82, 2.24) is 4.90 Å². The van der Waals surface area contributed by atoms with Crippen molar-refractivity contribution in [2.24, 2.45) is 0 Å². The number of rotatable bonds is 3. The minimum atomic E-state index is -0.185. The van der Waals surface area contributed by atoms with Crippen molar-refractivity contribution in [1.29, 1.82) is 0 Å². The van der Waals surface area contributed by atoms with Crippen molar-refractivity contribution < 1.29 is 4.79 Å². The molecule has 3 nitrogen and oxygen atoms in total. The maximum atomic E-state index is 12.8. The summed E-state index contributed by atoms with van der Waals surface area (Å²) < 4.78 is 0. The third-order valence-electron chi connectivity index (χ3n) is 4.21. The molecule has 0 radical (unpaired) electrons. The SMILES string of the molecule is C[C@H]1C(=O)N(c2ccc(Cl)cc2Cl)CCN1Cc1ccccc1. The molecule has 23 heavy (non-hydrogen) atoms. The van der Waals surface area contributed by atoms with E-state index in [0.717, 1.165) is 18.8 Å². The van der Waals surface area contributed by atoms with Crippen molar-refractivity contribution in [3.8, 4) is 0 Å². The molecule has 1 aliphatic rings. The number of carbonyl (C=O) groups excluding carboxylic acids is 1. The van der Waals surface area contributed by atoms with Crippen molar-refractivity contribution in [3.05, 3.63) is 64.1 Å². The minimum absolute atomic E-state index is 0.0661. The van der Waals surface area contributed by atoms with Gasteiger partial charge in [-0.2, -0.15) is 0 Å². The second kappa shape index (κ2) is 6.91. The smallest absolute Gasteiger partial charge is 0.244 e. The summed E-state index contributed by atoms with van der Waals surface area (Å²) in [6.07, 6.45) is 0. The molecule has 1 fully saturated rings. The lowest BCUT2D eigenvalue weighted by atomic mass is 10.1. The normalized spacial score (nSPS) is 19.2. The van der Waals surface area contributed by atoms with Crippen molar-refractivity contribution in [2.75, 3.05) is 18.0 Å². The maximum Gasteiger partial charge on any atom is 0.244 e. The van der Waals surface area contributed by atoms with E-state index in [2.05, 4.69) is 17.0 Å². The van der Waals surface area contributed by atoms with Gasteiger partial charge in [-0.15, -0.1) is 0 Å². The lowest BCUT2D eigenvalue weighted by molar-refractivity contribution is -0.125. The van der Waals surface area contributed by atoms with Crippen LogP contribution in [-0.2, 0) is 11.3 Å². The summed E-state index contributed by atoms with van der Waals surface area (Å²) in [6, 6.07) is 15.3. The molecule has 1 saturated heterocycles. The minimum Gasteiger partial charge on any atom is -0.308 e. The summed E-state index contributed by atoms with van der Waals surface area (Å²) in [5.41, 5.74) is 1.94. The highest BCUT2D eigenvalue weighted by Gasteiger charge is 2.32. The molecule has 0 spiro atoms. The average molecular weight is 349 g/mol. The first-order valence-corrected chi connectivity index (χ1v) is 8.36. The molecule has 2 aromatic rings. The van der Waals surface area contributed by atoms with Gasteiger partial charge in [-0.3, -0.25) is 9.69 Å². The van der Waals surface area contributed by atoms with Gasteiger partial charge in [0.1, 0.15) is 0 Å². The van der Waals surface area contributed by atoms with E-state index in [1.54, 1.807) is 17.0 Å². The van der Waals surface area contributed by atoms with Gasteiger partial charge in [-0.25, -0.2) is 0 Å². The van der Waals surface area contributed by atoms with Gasteiger partial charge in [0.25, 0.3) is 0 Å². The van der Waals surface area contributed by atoms with E-state index in [1.165, 1.54) is 5.56 Å². The van der Waals surface area contributed by atoms with E-state index in [9.17, 15) is 4.79 Å². The van der Waals surface area contributed by atoms with Crippen LogP contribution in [0.5, 0.6) is 0 Å². The topological polar surface area (TPSA) is 23.6 Å². The van der Waals surface area contributed by atoms with Crippen LogP contribution >= 0.6 is 23.2 Å². The van der Waals surface area contributed by atoms with E-state index in [-0.39, 0.29) is 11.9 Å². The van der Waals surface area contributed by atoms with Crippen LogP contribution in [0.2, 0.25) is 10.0 Å². The Morgan fingerprint density at radius 3 is 2.52 bits per heavy atom. The molecule has 5 heteroatoms. The Balaban J connectivity index is 1.76. The fraction of sp³-hybridized carbons (Fsp3) is 0.278. The summed E-state index contributed by atoms with van der Waals surface area (Å²) in [4.78, 5) is 16.7. The lowest BCUT2D eigenvalue weighted by Gasteiger charge is -2.39. The van der Waals surface area contributed by atoms with Crippen molar-refractivity contribution in [3.63, 3.8) is 0 Å². The van der Waals surface area contributed by atoms with Gasteiger partial charge in [0.2, 0.25) is 5.91 Å². The molecule has 0 aliphatic carbocycles. The molecular weight excluding hydrogens is 331 g/mol. The second-order valence-corrected chi connectivity index (χ2v) is 6.56. The van der Waals surface area contributed by atoms with Gasteiger partial charge in [-0.1, -0.05) is 53.5 Å². The van der Waals surface area contributed by atoms with Crippen LogP contribution in [0.3, 0.4) is 0 Å². The van der Waals surface area contributed by atoms with Crippen molar-refractivity contribution in [2.45, 2.75) is 19.5 Å². The van der Waals surface area contributed by atoms with Crippen LogP contribution in [0.15, 0.2) is 48.5 Å². The van der Waals surface area contributed by atoms with E-state index < -0.39 is 0 Å². The van der Waals surface area contributed by atoms with Crippen LogP contribution in [0.1, 0.15) is 12.5 Å². The number of benzene rings is 2.